The number of methoxy groups -OCH3 is 1. The van der Waals surface area contributed by atoms with E-state index in [1.165, 1.54) is 0 Å². The molecule has 1 aliphatic carbocycles. The smallest absolute Gasteiger partial charge is 0.307 e. The van der Waals surface area contributed by atoms with Crippen molar-refractivity contribution in [3.8, 4) is 39.7 Å². The van der Waals surface area contributed by atoms with Crippen molar-refractivity contribution in [2.45, 2.75) is 51.3 Å². The number of benzene rings is 3. The summed E-state index contributed by atoms with van der Waals surface area (Å²) in [5.41, 5.74) is 7.36. The number of aliphatic hydroxyl groups excluding tert-OH is 1. The number of carboxylic acids is 1. The number of aromatic nitrogens is 3. The lowest BCUT2D eigenvalue weighted by Gasteiger charge is -2.24. The van der Waals surface area contributed by atoms with Gasteiger partial charge in [0.1, 0.15) is 11.2 Å². The van der Waals surface area contributed by atoms with E-state index in [-0.39, 0.29) is 23.6 Å². The zero-order valence-corrected chi connectivity index (χ0v) is 28.6. The van der Waals surface area contributed by atoms with Gasteiger partial charge in [-0.1, -0.05) is 41.9 Å². The highest BCUT2D eigenvalue weighted by atomic mass is 35.5. The molecule has 3 atom stereocenters. The van der Waals surface area contributed by atoms with E-state index < -0.39 is 17.7 Å². The maximum absolute atomic E-state index is 16.0. The zero-order valence-electron chi connectivity index (χ0n) is 27.8. The lowest BCUT2D eigenvalue weighted by Crippen LogP contribution is -2.26. The Hall–Kier alpha value is -4.42. The first kappa shape index (κ1) is 32.8. The zero-order chi connectivity index (χ0) is 34.7. The van der Waals surface area contributed by atoms with Crippen LogP contribution < -0.4 is 4.74 Å². The van der Waals surface area contributed by atoms with Gasteiger partial charge in [0.25, 0.3) is 0 Å². The van der Waals surface area contributed by atoms with Crippen molar-refractivity contribution in [2.24, 2.45) is 5.92 Å². The number of oxazole rings is 1. The van der Waals surface area contributed by atoms with Crippen LogP contribution in [0, 0.1) is 18.7 Å². The molecule has 12 heteroatoms. The molecule has 4 heterocycles. The van der Waals surface area contributed by atoms with Crippen molar-refractivity contribution >= 4 is 28.7 Å². The second-order valence-electron chi connectivity index (χ2n) is 13.5. The van der Waals surface area contributed by atoms with E-state index in [9.17, 15) is 15.0 Å². The van der Waals surface area contributed by atoms with Gasteiger partial charge in [0.15, 0.2) is 11.4 Å². The maximum atomic E-state index is 16.0. The van der Waals surface area contributed by atoms with Crippen LogP contribution in [-0.4, -0.2) is 80.3 Å². The van der Waals surface area contributed by atoms with E-state index in [1.807, 2.05) is 49.4 Å². The SMILES string of the molecule is COc1nc(-c2cccc(-c3cccc(-c4nc5cc6c(c(F)c5o4)CC[C@H]6N4CC[C@@H](C(=O)O)C4)c3Cl)c2C)cnc1CN1CC[C@@H](O)C1. The van der Waals surface area contributed by atoms with Gasteiger partial charge >= 0.3 is 5.97 Å². The molecule has 0 bridgehead atoms. The van der Waals surface area contributed by atoms with Gasteiger partial charge in [0, 0.05) is 43.3 Å². The highest BCUT2D eigenvalue weighted by Crippen LogP contribution is 2.44. The van der Waals surface area contributed by atoms with E-state index >= 15 is 4.39 Å². The summed E-state index contributed by atoms with van der Waals surface area (Å²) in [5.74, 6) is -0.928. The molecule has 2 aliphatic heterocycles. The van der Waals surface area contributed by atoms with Crippen molar-refractivity contribution in [2.75, 3.05) is 33.3 Å². The minimum atomic E-state index is -0.784. The summed E-state index contributed by atoms with van der Waals surface area (Å²) < 4.78 is 27.7. The third-order valence-electron chi connectivity index (χ3n) is 10.5. The van der Waals surface area contributed by atoms with Gasteiger partial charge in [0.2, 0.25) is 11.8 Å². The molecule has 0 amide bonds. The Bertz CT molecular complexity index is 2140. The van der Waals surface area contributed by atoms with Gasteiger partial charge in [-0.3, -0.25) is 19.6 Å². The molecule has 258 valence electrons. The van der Waals surface area contributed by atoms with Gasteiger partial charge in [-0.2, -0.15) is 0 Å². The number of ether oxygens (including phenoxy) is 1. The number of nitrogens with zero attached hydrogens (tertiary/aromatic N) is 5. The van der Waals surface area contributed by atoms with Gasteiger partial charge < -0.3 is 19.4 Å². The second kappa shape index (κ2) is 13.0. The molecule has 0 radical (unpaired) electrons. The number of fused-ring (bicyclic) bond motifs is 2. The molecule has 3 aromatic carbocycles. The van der Waals surface area contributed by atoms with Crippen molar-refractivity contribution in [1.82, 2.24) is 24.8 Å². The summed E-state index contributed by atoms with van der Waals surface area (Å²) in [7, 11) is 1.58. The Balaban J connectivity index is 1.11. The first-order valence-corrected chi connectivity index (χ1v) is 17.4. The predicted molar refractivity (Wildman–Crippen MR) is 186 cm³/mol. The van der Waals surface area contributed by atoms with E-state index in [2.05, 4.69) is 9.80 Å². The van der Waals surface area contributed by atoms with Crippen LogP contribution in [0.25, 0.3) is 44.9 Å². The highest BCUT2D eigenvalue weighted by molar-refractivity contribution is 6.36. The Morgan fingerprint density at radius 1 is 1.06 bits per heavy atom. The van der Waals surface area contributed by atoms with E-state index in [0.717, 1.165) is 47.2 Å². The molecule has 3 aliphatic rings. The number of carbonyl (C=O) groups is 1. The third kappa shape index (κ3) is 5.72. The Morgan fingerprint density at radius 2 is 1.84 bits per heavy atom. The van der Waals surface area contributed by atoms with E-state index in [1.54, 1.807) is 13.3 Å². The topological polar surface area (TPSA) is 125 Å². The molecular weight excluding hydrogens is 661 g/mol. The largest absolute Gasteiger partial charge is 0.481 e. The van der Waals surface area contributed by atoms with Gasteiger partial charge in [0.05, 0.1) is 41.6 Å². The van der Waals surface area contributed by atoms with Crippen LogP contribution in [0.15, 0.2) is 53.1 Å². The maximum Gasteiger partial charge on any atom is 0.307 e. The van der Waals surface area contributed by atoms with Crippen LogP contribution in [0.5, 0.6) is 5.88 Å². The number of carboxylic acid groups (broad SMARTS) is 1. The molecule has 50 heavy (non-hydrogen) atoms. The minimum Gasteiger partial charge on any atom is -0.481 e. The summed E-state index contributed by atoms with van der Waals surface area (Å²) in [6.07, 6.45) is 4.05. The average molecular weight is 698 g/mol. The molecule has 8 rings (SSSR count). The number of halogens is 2. The molecule has 2 aromatic heterocycles. The molecule has 0 unspecified atom stereocenters. The Morgan fingerprint density at radius 3 is 2.58 bits per heavy atom. The molecular formula is C38H37ClFN5O5. The molecule has 0 saturated carbocycles. The monoisotopic (exact) mass is 697 g/mol. The molecule has 0 spiro atoms. The quantitative estimate of drug-likeness (QED) is 0.181. The van der Waals surface area contributed by atoms with Crippen LogP contribution in [0.3, 0.4) is 0 Å². The fourth-order valence-electron chi connectivity index (χ4n) is 7.92. The first-order chi connectivity index (χ1) is 24.2. The van der Waals surface area contributed by atoms with Crippen molar-refractivity contribution < 1.29 is 28.6 Å². The van der Waals surface area contributed by atoms with Crippen LogP contribution >= 0.6 is 11.6 Å². The van der Waals surface area contributed by atoms with Crippen LogP contribution in [-0.2, 0) is 17.8 Å². The lowest BCUT2D eigenvalue weighted by atomic mass is 9.94. The highest BCUT2D eigenvalue weighted by Gasteiger charge is 2.38. The van der Waals surface area contributed by atoms with Gasteiger partial charge in [-0.25, -0.2) is 14.4 Å². The number of aliphatic hydroxyl groups is 1. The number of aliphatic carboxylic acids is 1. The summed E-state index contributed by atoms with van der Waals surface area (Å²) in [6.45, 7) is 5.08. The lowest BCUT2D eigenvalue weighted by molar-refractivity contribution is -0.141. The molecule has 2 N–H and O–H groups in total. The normalized spacial score (nSPS) is 20.9. The van der Waals surface area contributed by atoms with Crippen molar-refractivity contribution in [1.29, 1.82) is 0 Å². The third-order valence-corrected chi connectivity index (χ3v) is 11.0. The summed E-state index contributed by atoms with van der Waals surface area (Å²) in [6, 6.07) is 13.4. The summed E-state index contributed by atoms with van der Waals surface area (Å²) >= 11 is 7.11. The van der Waals surface area contributed by atoms with E-state index in [4.69, 9.17) is 35.7 Å². The van der Waals surface area contributed by atoms with Crippen LogP contribution in [0.1, 0.15) is 47.7 Å². The standard InChI is InChI=1S/C38H37ClFN5O5/c1-20-23(5-3-6-24(20)30-16-41-31(37(43-30)49-2)19-44-13-12-22(46)18-44)25-7-4-8-27(33(25)39)36-42-29-15-28-26(34(40)35(29)50-36)9-10-32(28)45-14-11-21(17-45)38(47)48/h3-8,15-16,21-22,32,46H,9-14,17-19H2,1-2H3,(H,47,48)/t21-,22-,32-/m1/s1. The van der Waals surface area contributed by atoms with Gasteiger partial charge in [-0.05, 0) is 73.5 Å². The van der Waals surface area contributed by atoms with Gasteiger partial charge in [-0.15, -0.1) is 0 Å². The molecule has 10 nitrogen and oxygen atoms in total. The predicted octanol–water partition coefficient (Wildman–Crippen LogP) is 6.69. The molecule has 5 aromatic rings. The van der Waals surface area contributed by atoms with E-state index in [0.29, 0.717) is 78.0 Å². The number of rotatable bonds is 8. The molecule has 2 saturated heterocycles. The average Bonchev–Trinajstić information content (AvgIpc) is 3.92. The Labute approximate surface area is 293 Å². The number of hydrogen-bond acceptors (Lipinski definition) is 9. The van der Waals surface area contributed by atoms with Crippen LogP contribution in [0.4, 0.5) is 4.39 Å². The fraction of sp³-hybridized carbons (Fsp3) is 0.368. The Kier molecular flexibility index (Phi) is 8.54. The fourth-order valence-corrected chi connectivity index (χ4v) is 8.22. The van der Waals surface area contributed by atoms with Crippen molar-refractivity contribution in [3.63, 3.8) is 0 Å². The summed E-state index contributed by atoms with van der Waals surface area (Å²) in [5, 5.41) is 19.9. The number of β-amino-alcohol motifs (C(OH)–C–C–N with tert-alkyl or cyclic N) is 1. The number of hydrogen-bond donors (Lipinski definition) is 2. The van der Waals surface area contributed by atoms with Crippen LogP contribution in [0.2, 0.25) is 5.02 Å². The first-order valence-electron chi connectivity index (χ1n) is 17.0. The second-order valence-corrected chi connectivity index (χ2v) is 13.9. The molecule has 2 fully saturated rings. The van der Waals surface area contributed by atoms with Crippen molar-refractivity contribution in [3.05, 3.63) is 81.9 Å². The number of likely N-dealkylation sites (tertiary alicyclic amines) is 2. The summed E-state index contributed by atoms with van der Waals surface area (Å²) in [4.78, 5) is 30.1. The minimum absolute atomic E-state index is 0.0458.